The van der Waals surface area contributed by atoms with Gasteiger partial charge in [0.15, 0.2) is 6.61 Å². The van der Waals surface area contributed by atoms with Gasteiger partial charge in [-0.05, 0) is 50.5 Å². The smallest absolute Gasteiger partial charge is 0.294 e. The second kappa shape index (κ2) is 8.42. The maximum atomic E-state index is 12.6. The molecule has 0 unspecified atom stereocenters. The van der Waals surface area contributed by atoms with Crippen LogP contribution in [-0.4, -0.2) is 33.5 Å². The van der Waals surface area contributed by atoms with E-state index in [1.165, 1.54) is 6.21 Å². The Bertz CT molecular complexity index is 1470. The number of nitrogens with zero attached hydrogens (tertiary/aromatic N) is 3. The van der Waals surface area contributed by atoms with Gasteiger partial charge in [0.2, 0.25) is 0 Å². The highest BCUT2D eigenvalue weighted by Gasteiger charge is 2.21. The van der Waals surface area contributed by atoms with E-state index in [9.17, 15) is 14.7 Å². The molecule has 0 atom stereocenters. The first-order chi connectivity index (χ1) is 16.0. The van der Waals surface area contributed by atoms with Crippen molar-refractivity contribution in [2.75, 3.05) is 6.61 Å². The highest BCUT2D eigenvalue weighted by molar-refractivity contribution is 6.03. The monoisotopic (exact) mass is 446 g/mol. The molecular weight excluding hydrogens is 424 g/mol. The third-order valence-electron chi connectivity index (χ3n) is 5.74. The van der Waals surface area contributed by atoms with Crippen molar-refractivity contribution in [1.29, 1.82) is 0 Å². The Morgan fingerprint density at radius 2 is 2.09 bits per heavy atom. The van der Waals surface area contributed by atoms with Crippen LogP contribution < -0.4 is 15.8 Å². The summed E-state index contributed by atoms with van der Waals surface area (Å²) in [6.07, 6.45) is 5.28. The molecule has 4 aromatic rings. The molecule has 0 bridgehead atoms. The quantitative estimate of drug-likeness (QED) is 0.359. The van der Waals surface area contributed by atoms with E-state index in [-0.39, 0.29) is 5.75 Å². The van der Waals surface area contributed by atoms with Gasteiger partial charge in [0.25, 0.3) is 11.5 Å². The summed E-state index contributed by atoms with van der Waals surface area (Å²) in [6, 6.07) is 10.2. The average Bonchev–Trinajstić information content (AvgIpc) is 3.19. The molecule has 168 valence electrons. The Labute approximate surface area is 188 Å². The fraction of sp³-hybridized carbons (Fsp3) is 0.250. The SMILES string of the molecule is Cc1nc2ccccc2c(=O)n1OCC(=O)N/N=C/c1c(O)ccc2oc3c(c12)CCCC3. The number of benzene rings is 2. The number of furan rings is 1. The number of amides is 1. The minimum absolute atomic E-state index is 0.0512. The normalized spacial score (nSPS) is 13.5. The van der Waals surface area contributed by atoms with Gasteiger partial charge < -0.3 is 14.4 Å². The molecule has 1 amide bonds. The molecule has 33 heavy (non-hydrogen) atoms. The summed E-state index contributed by atoms with van der Waals surface area (Å²) in [5.41, 5.74) is 4.80. The molecule has 2 heterocycles. The molecule has 0 saturated heterocycles. The number of rotatable bonds is 5. The molecule has 1 aliphatic rings. The van der Waals surface area contributed by atoms with Gasteiger partial charge in [-0.1, -0.05) is 12.1 Å². The van der Waals surface area contributed by atoms with Crippen LogP contribution in [0.3, 0.4) is 0 Å². The van der Waals surface area contributed by atoms with Crippen molar-refractivity contribution in [2.24, 2.45) is 5.10 Å². The van der Waals surface area contributed by atoms with E-state index in [2.05, 4.69) is 15.5 Å². The van der Waals surface area contributed by atoms with Gasteiger partial charge in [-0.2, -0.15) is 5.10 Å². The van der Waals surface area contributed by atoms with Crippen LogP contribution in [-0.2, 0) is 17.6 Å². The van der Waals surface area contributed by atoms with Crippen molar-refractivity contribution in [1.82, 2.24) is 15.1 Å². The maximum absolute atomic E-state index is 12.6. The Morgan fingerprint density at radius 3 is 2.97 bits per heavy atom. The van der Waals surface area contributed by atoms with Gasteiger partial charge in [0, 0.05) is 22.9 Å². The van der Waals surface area contributed by atoms with Gasteiger partial charge in [0.1, 0.15) is 22.9 Å². The zero-order valence-corrected chi connectivity index (χ0v) is 18.0. The van der Waals surface area contributed by atoms with Gasteiger partial charge in [-0.25, -0.2) is 10.4 Å². The molecule has 5 rings (SSSR count). The number of phenolic OH excluding ortho intramolecular Hbond substituents is 1. The third kappa shape index (κ3) is 3.82. The first-order valence-corrected chi connectivity index (χ1v) is 10.7. The highest BCUT2D eigenvalue weighted by Crippen LogP contribution is 2.36. The van der Waals surface area contributed by atoms with Crippen LogP contribution in [0.4, 0.5) is 0 Å². The zero-order chi connectivity index (χ0) is 22.9. The maximum Gasteiger partial charge on any atom is 0.294 e. The molecule has 0 radical (unpaired) electrons. The summed E-state index contributed by atoms with van der Waals surface area (Å²) in [4.78, 5) is 34.6. The number of phenols is 1. The second-order valence-electron chi connectivity index (χ2n) is 7.92. The van der Waals surface area contributed by atoms with Gasteiger partial charge in [-0.15, -0.1) is 4.73 Å². The highest BCUT2D eigenvalue weighted by atomic mass is 16.7. The molecule has 0 spiro atoms. The van der Waals surface area contributed by atoms with Crippen LogP contribution in [0.15, 0.2) is 50.7 Å². The number of hydrogen-bond donors (Lipinski definition) is 2. The standard InChI is InChI=1S/C24H22N4O5/c1-14-26-18-8-4-2-6-15(18)24(31)28(14)32-13-22(30)27-25-12-17-19(29)10-11-21-23(17)16-7-3-5-9-20(16)33-21/h2,4,6,8,10-12,29H,3,5,7,9,13H2,1H3,(H,27,30)/b25-12+. The molecule has 9 heteroatoms. The lowest BCUT2D eigenvalue weighted by Crippen LogP contribution is -2.35. The Kier molecular flexibility index (Phi) is 5.29. The van der Waals surface area contributed by atoms with Crippen molar-refractivity contribution in [3.05, 3.63) is 69.5 Å². The predicted octanol–water partition coefficient (Wildman–Crippen LogP) is 2.61. The van der Waals surface area contributed by atoms with Crippen molar-refractivity contribution >= 4 is 34.0 Å². The minimum atomic E-state index is -0.563. The van der Waals surface area contributed by atoms with E-state index in [0.29, 0.717) is 27.9 Å². The lowest BCUT2D eigenvalue weighted by molar-refractivity contribution is -0.126. The molecule has 0 fully saturated rings. The summed E-state index contributed by atoms with van der Waals surface area (Å²) in [5.74, 6) is 0.761. The fourth-order valence-electron chi connectivity index (χ4n) is 4.21. The number of carbonyl (C=O) groups excluding carboxylic acids is 1. The number of nitrogens with one attached hydrogen (secondary N) is 1. The van der Waals surface area contributed by atoms with Crippen molar-refractivity contribution in [2.45, 2.75) is 32.6 Å². The van der Waals surface area contributed by atoms with Crippen molar-refractivity contribution in [3.63, 3.8) is 0 Å². The Balaban J connectivity index is 1.31. The number of aryl methyl sites for hydroxylation is 3. The number of aromatic nitrogens is 2. The predicted molar refractivity (Wildman–Crippen MR) is 122 cm³/mol. The summed E-state index contributed by atoms with van der Waals surface area (Å²) < 4.78 is 6.93. The van der Waals surface area contributed by atoms with Crippen molar-refractivity contribution < 1.29 is 19.2 Å². The van der Waals surface area contributed by atoms with E-state index in [4.69, 9.17) is 9.25 Å². The van der Waals surface area contributed by atoms with E-state index in [1.54, 1.807) is 43.3 Å². The second-order valence-corrected chi connectivity index (χ2v) is 7.92. The first kappa shape index (κ1) is 20.7. The lowest BCUT2D eigenvalue weighted by atomic mass is 9.94. The molecule has 1 aliphatic carbocycles. The van der Waals surface area contributed by atoms with Gasteiger partial charge in [-0.3, -0.25) is 9.59 Å². The molecule has 2 aromatic heterocycles. The first-order valence-electron chi connectivity index (χ1n) is 10.7. The molecule has 9 nitrogen and oxygen atoms in total. The number of hydrogen-bond acceptors (Lipinski definition) is 7. The molecule has 0 aliphatic heterocycles. The summed E-state index contributed by atoms with van der Waals surface area (Å²) in [7, 11) is 0. The fourth-order valence-corrected chi connectivity index (χ4v) is 4.21. The van der Waals surface area contributed by atoms with Gasteiger partial charge >= 0.3 is 0 Å². The number of para-hydroxylation sites is 1. The number of aromatic hydroxyl groups is 1. The lowest BCUT2D eigenvalue weighted by Gasteiger charge is -2.11. The molecule has 2 aromatic carbocycles. The summed E-state index contributed by atoms with van der Waals surface area (Å²) in [6.45, 7) is 1.19. The zero-order valence-electron chi connectivity index (χ0n) is 18.0. The van der Waals surface area contributed by atoms with E-state index in [0.717, 1.165) is 47.1 Å². The van der Waals surface area contributed by atoms with Crippen LogP contribution in [0.1, 0.15) is 35.6 Å². The van der Waals surface area contributed by atoms with E-state index >= 15 is 0 Å². The minimum Gasteiger partial charge on any atom is -0.507 e. The van der Waals surface area contributed by atoms with Crippen LogP contribution in [0.2, 0.25) is 0 Å². The largest absolute Gasteiger partial charge is 0.507 e. The van der Waals surface area contributed by atoms with Gasteiger partial charge in [0.05, 0.1) is 17.1 Å². The molecular formula is C24H22N4O5. The van der Waals surface area contributed by atoms with Crippen LogP contribution in [0, 0.1) is 6.92 Å². The molecule has 2 N–H and O–H groups in total. The van der Waals surface area contributed by atoms with Crippen LogP contribution >= 0.6 is 0 Å². The Morgan fingerprint density at radius 1 is 1.27 bits per heavy atom. The van der Waals surface area contributed by atoms with E-state index < -0.39 is 18.1 Å². The number of hydrazone groups is 1. The Hall–Kier alpha value is -4.14. The van der Waals surface area contributed by atoms with Crippen molar-refractivity contribution in [3.8, 4) is 5.75 Å². The van der Waals surface area contributed by atoms with Crippen LogP contribution in [0.5, 0.6) is 5.75 Å². The third-order valence-corrected chi connectivity index (χ3v) is 5.74. The number of carbonyl (C=O) groups is 1. The summed E-state index contributed by atoms with van der Waals surface area (Å²) >= 11 is 0. The summed E-state index contributed by atoms with van der Waals surface area (Å²) in [5, 5.41) is 15.6. The number of fused-ring (bicyclic) bond motifs is 4. The average molecular weight is 446 g/mol. The van der Waals surface area contributed by atoms with Crippen LogP contribution in [0.25, 0.3) is 21.9 Å². The van der Waals surface area contributed by atoms with E-state index in [1.807, 2.05) is 0 Å². The molecule has 0 saturated carbocycles. The topological polar surface area (TPSA) is 119 Å².